The molecule has 2 aliphatic rings. The van der Waals surface area contributed by atoms with Crippen molar-refractivity contribution in [3.05, 3.63) is 76.4 Å². The van der Waals surface area contributed by atoms with E-state index in [-0.39, 0.29) is 0 Å². The number of hydrogen-bond acceptors (Lipinski definition) is 5. The van der Waals surface area contributed by atoms with Gasteiger partial charge < -0.3 is 0 Å². The van der Waals surface area contributed by atoms with Crippen LogP contribution in [0.25, 0.3) is 10.2 Å². The molecule has 5 rings (SSSR count). The molecule has 0 radical (unpaired) electrons. The number of thiazole rings is 1. The van der Waals surface area contributed by atoms with E-state index < -0.39 is 10.0 Å². The molecule has 1 fully saturated rings. The summed E-state index contributed by atoms with van der Waals surface area (Å²) in [5.74, 6) is 0.336. The highest BCUT2D eigenvalue weighted by atomic mass is 32.2. The quantitative estimate of drug-likeness (QED) is 0.628. The maximum absolute atomic E-state index is 11.7. The predicted molar refractivity (Wildman–Crippen MR) is 117 cm³/mol. The van der Waals surface area contributed by atoms with Crippen molar-refractivity contribution in [3.63, 3.8) is 0 Å². The summed E-state index contributed by atoms with van der Waals surface area (Å²) >= 11 is 1.76. The number of benzene rings is 2. The van der Waals surface area contributed by atoms with Crippen LogP contribution >= 0.6 is 11.3 Å². The molecule has 3 heterocycles. The van der Waals surface area contributed by atoms with Crippen LogP contribution in [0.1, 0.15) is 16.1 Å². The Morgan fingerprint density at radius 1 is 1.07 bits per heavy atom. The predicted octanol–water partition coefficient (Wildman–Crippen LogP) is 3.48. The fourth-order valence-corrected chi connectivity index (χ4v) is 5.98. The number of likely N-dealkylation sites (tertiary alicyclic amines) is 1. The van der Waals surface area contributed by atoms with Crippen molar-refractivity contribution >= 4 is 31.6 Å². The van der Waals surface area contributed by atoms with Crippen molar-refractivity contribution in [2.24, 2.45) is 5.92 Å². The lowest BCUT2D eigenvalue weighted by Crippen LogP contribution is -2.28. The van der Waals surface area contributed by atoms with E-state index in [1.807, 2.05) is 12.3 Å². The maximum atomic E-state index is 11.7. The van der Waals surface area contributed by atoms with Crippen LogP contribution in [0.5, 0.6) is 0 Å². The van der Waals surface area contributed by atoms with Gasteiger partial charge in [-0.2, -0.15) is 0 Å². The Morgan fingerprint density at radius 3 is 2.55 bits per heavy atom. The molecule has 150 valence electrons. The highest BCUT2D eigenvalue weighted by Crippen LogP contribution is 2.31. The summed E-state index contributed by atoms with van der Waals surface area (Å²) < 4.78 is 26.2. The second kappa shape index (κ2) is 7.23. The molecule has 0 amide bonds. The van der Waals surface area contributed by atoms with E-state index in [0.717, 1.165) is 36.6 Å². The summed E-state index contributed by atoms with van der Waals surface area (Å²) in [5.41, 5.74) is 4.88. The van der Waals surface area contributed by atoms with E-state index >= 15 is 0 Å². The Kier molecular flexibility index (Phi) is 4.69. The largest absolute Gasteiger partial charge is 0.294 e. The van der Waals surface area contributed by atoms with Gasteiger partial charge in [-0.3, -0.25) is 9.21 Å². The van der Waals surface area contributed by atoms with Gasteiger partial charge in [0.05, 0.1) is 21.5 Å². The Hall–Kier alpha value is -2.22. The van der Waals surface area contributed by atoms with E-state index in [1.165, 1.54) is 32.0 Å². The average Bonchev–Trinajstić information content (AvgIpc) is 3.35. The molecular formula is C22H23N3O2S2. The molecule has 2 aromatic carbocycles. The molecule has 1 atom stereocenters. The van der Waals surface area contributed by atoms with Gasteiger partial charge in [-0.15, -0.1) is 11.3 Å². The highest BCUT2D eigenvalue weighted by molar-refractivity contribution is 7.88. The van der Waals surface area contributed by atoms with Gasteiger partial charge in [0, 0.05) is 44.7 Å². The van der Waals surface area contributed by atoms with Crippen molar-refractivity contribution in [2.45, 2.75) is 13.0 Å². The van der Waals surface area contributed by atoms with Crippen molar-refractivity contribution in [1.82, 2.24) is 14.2 Å². The van der Waals surface area contributed by atoms with Crippen LogP contribution in [0.3, 0.4) is 0 Å². The first-order valence-electron chi connectivity index (χ1n) is 9.76. The zero-order valence-electron chi connectivity index (χ0n) is 16.3. The lowest BCUT2D eigenvalue weighted by molar-refractivity contribution is 0.307. The van der Waals surface area contributed by atoms with Gasteiger partial charge in [0.15, 0.2) is 0 Å². The first kappa shape index (κ1) is 18.8. The highest BCUT2D eigenvalue weighted by Gasteiger charge is 2.35. The number of hydrogen-bond donors (Lipinski definition) is 0. The van der Waals surface area contributed by atoms with Crippen LogP contribution in [0, 0.1) is 5.92 Å². The molecule has 0 aliphatic carbocycles. The Balaban J connectivity index is 1.21. The zero-order valence-corrected chi connectivity index (χ0v) is 17.9. The third-order valence-corrected chi connectivity index (χ3v) is 7.81. The van der Waals surface area contributed by atoms with E-state index in [2.05, 4.69) is 47.4 Å². The van der Waals surface area contributed by atoms with Crippen LogP contribution in [0.4, 0.5) is 0 Å². The molecule has 0 saturated carbocycles. The summed E-state index contributed by atoms with van der Waals surface area (Å²) in [6.45, 7) is 3.26. The minimum atomic E-state index is -3.13. The fraction of sp³-hybridized carbons (Fsp3) is 0.318. The first-order chi connectivity index (χ1) is 13.9. The second-order valence-corrected chi connectivity index (χ2v) is 11.0. The summed E-state index contributed by atoms with van der Waals surface area (Å²) in [5, 5.41) is 1.15. The third kappa shape index (κ3) is 3.95. The van der Waals surface area contributed by atoms with Gasteiger partial charge in [0.2, 0.25) is 10.0 Å². The Morgan fingerprint density at radius 2 is 1.83 bits per heavy atom. The minimum Gasteiger partial charge on any atom is -0.294 e. The number of fused-ring (bicyclic) bond motifs is 2. The molecule has 1 unspecified atom stereocenters. The van der Waals surface area contributed by atoms with E-state index in [1.54, 1.807) is 11.3 Å². The van der Waals surface area contributed by atoms with Crippen LogP contribution in [-0.4, -0.2) is 48.5 Å². The third-order valence-electron chi connectivity index (χ3n) is 5.67. The van der Waals surface area contributed by atoms with E-state index in [9.17, 15) is 8.42 Å². The summed E-state index contributed by atoms with van der Waals surface area (Å²) in [6, 6.07) is 17.1. The summed E-state index contributed by atoms with van der Waals surface area (Å²) in [4.78, 5) is 7.13. The number of aromatic nitrogens is 1. The van der Waals surface area contributed by atoms with Crippen LogP contribution in [0.2, 0.25) is 0 Å². The monoisotopic (exact) mass is 425 g/mol. The summed E-state index contributed by atoms with van der Waals surface area (Å²) in [6.07, 6.45) is 3.97. The smallest absolute Gasteiger partial charge is 0.231 e. The Bertz CT molecular complexity index is 1150. The topological polar surface area (TPSA) is 53.5 Å². The number of nitrogens with zero attached hydrogens (tertiary/aromatic N) is 3. The lowest BCUT2D eigenvalue weighted by atomic mass is 10.1. The fourth-order valence-electron chi connectivity index (χ4n) is 4.20. The molecule has 3 aromatic rings. The van der Waals surface area contributed by atoms with Crippen LogP contribution < -0.4 is 0 Å². The van der Waals surface area contributed by atoms with Crippen LogP contribution in [-0.2, 0) is 23.0 Å². The van der Waals surface area contributed by atoms with Gasteiger partial charge in [0.1, 0.15) is 0 Å². The number of para-hydroxylation sites is 1. The Labute approximate surface area is 175 Å². The van der Waals surface area contributed by atoms with Gasteiger partial charge in [-0.25, -0.2) is 13.4 Å². The van der Waals surface area contributed by atoms with Crippen LogP contribution in [0.15, 0.2) is 60.3 Å². The van der Waals surface area contributed by atoms with Crippen molar-refractivity contribution in [1.29, 1.82) is 0 Å². The van der Waals surface area contributed by atoms with Gasteiger partial charge >= 0.3 is 0 Å². The molecule has 1 saturated heterocycles. The number of sulfonamides is 1. The molecule has 5 nitrogen and oxygen atoms in total. The molecule has 2 aliphatic heterocycles. The standard InChI is InChI=1S/C22H23N3O2S2/c1-29(26,27)25-14-18-12-24(13-19(18)15-25)11-17-8-6-16(7-9-17)10-22-23-20-4-2-3-5-21(20)28-22/h2-9,14,19H,10-13,15H2,1H3. The van der Waals surface area contributed by atoms with E-state index in [0.29, 0.717) is 12.5 Å². The maximum Gasteiger partial charge on any atom is 0.231 e. The molecule has 0 N–H and O–H groups in total. The minimum absolute atomic E-state index is 0.336. The molecule has 7 heteroatoms. The molecule has 0 bridgehead atoms. The van der Waals surface area contributed by atoms with Crippen molar-refractivity contribution in [3.8, 4) is 0 Å². The average molecular weight is 426 g/mol. The molecule has 1 aromatic heterocycles. The molecule has 0 spiro atoms. The van der Waals surface area contributed by atoms with Gasteiger partial charge in [-0.05, 0) is 28.8 Å². The SMILES string of the molecule is CS(=O)(=O)N1C=C2CN(Cc3ccc(Cc4nc5ccccc5s4)cc3)CC2C1. The van der Waals surface area contributed by atoms with Crippen molar-refractivity contribution < 1.29 is 8.42 Å². The number of rotatable bonds is 5. The lowest BCUT2D eigenvalue weighted by Gasteiger charge is -2.19. The molecular weight excluding hydrogens is 402 g/mol. The first-order valence-corrected chi connectivity index (χ1v) is 12.4. The zero-order chi connectivity index (χ0) is 20.0. The van der Waals surface area contributed by atoms with Crippen molar-refractivity contribution in [2.75, 3.05) is 25.9 Å². The van der Waals surface area contributed by atoms with Gasteiger partial charge in [-0.1, -0.05) is 36.4 Å². The molecule has 29 heavy (non-hydrogen) atoms. The second-order valence-electron chi connectivity index (χ2n) is 7.97. The normalized spacial score (nSPS) is 19.7. The summed E-state index contributed by atoms with van der Waals surface area (Å²) in [7, 11) is -3.13. The van der Waals surface area contributed by atoms with Gasteiger partial charge in [0.25, 0.3) is 0 Å². The van der Waals surface area contributed by atoms with E-state index in [4.69, 9.17) is 4.98 Å².